The largest absolute Gasteiger partial charge is 0.506 e. The summed E-state index contributed by atoms with van der Waals surface area (Å²) in [6.07, 6.45) is 1.77. The highest BCUT2D eigenvalue weighted by Crippen LogP contribution is 2.57. The van der Waals surface area contributed by atoms with Gasteiger partial charge in [0.25, 0.3) is 5.69 Å². The van der Waals surface area contributed by atoms with E-state index in [2.05, 4.69) is 19.8 Å². The fourth-order valence-corrected chi connectivity index (χ4v) is 7.28. The van der Waals surface area contributed by atoms with Gasteiger partial charge in [0.05, 0.1) is 22.6 Å². The van der Waals surface area contributed by atoms with Crippen molar-refractivity contribution < 1.29 is 32.3 Å². The molecule has 0 amide bonds. The Morgan fingerprint density at radius 2 is 1.78 bits per heavy atom. The summed E-state index contributed by atoms with van der Waals surface area (Å²) < 4.78 is 52.1. The summed E-state index contributed by atoms with van der Waals surface area (Å²) in [7, 11) is -7.63. The van der Waals surface area contributed by atoms with Crippen LogP contribution in [0.3, 0.4) is 0 Å². The second-order valence-corrected chi connectivity index (χ2v) is 15.9. The van der Waals surface area contributed by atoms with E-state index in [1.54, 1.807) is 36.4 Å². The molecule has 1 heterocycles. The number of Topliss-reactive ketones (excluding diaryl/α,β-unsaturated/α-hetero) is 1. The molecule has 1 aliphatic carbocycles. The Morgan fingerprint density at radius 3 is 2.46 bits per heavy atom. The zero-order valence-electron chi connectivity index (χ0n) is 25.6. The summed E-state index contributed by atoms with van der Waals surface area (Å²) in [4.78, 5) is 25.7. The van der Waals surface area contributed by atoms with Gasteiger partial charge in [-0.15, -0.1) is 4.40 Å². The average Bonchev–Trinajstić information content (AvgIpc) is 2.96. The number of nitrogens with one attached hydrogen (secondary N) is 3. The van der Waals surface area contributed by atoms with Crippen molar-refractivity contribution in [1.82, 2.24) is 5.32 Å². The minimum atomic E-state index is -3.97. The van der Waals surface area contributed by atoms with Crippen molar-refractivity contribution in [1.29, 1.82) is 0 Å². The van der Waals surface area contributed by atoms with Gasteiger partial charge in [0.2, 0.25) is 10.0 Å². The second kappa shape index (κ2) is 11.8. The maximum atomic E-state index is 14.8. The third-order valence-corrected chi connectivity index (χ3v) is 9.72. The second-order valence-electron chi connectivity index (χ2n) is 12.5. The predicted molar refractivity (Wildman–Crippen MR) is 178 cm³/mol. The number of non-ortho nitro benzene ring substituents is 1. The molecule has 0 spiro atoms. The number of sulfonamides is 1. The lowest BCUT2D eigenvalue weighted by Crippen LogP contribution is -2.53. The molecule has 5 rings (SSSR count). The minimum absolute atomic E-state index is 0.0635. The minimum Gasteiger partial charge on any atom is -0.506 e. The number of carbonyl (C=O) groups is 1. The number of nitrogens with zero attached hydrogens (tertiary/aromatic N) is 2. The van der Waals surface area contributed by atoms with E-state index in [1.165, 1.54) is 30.3 Å². The molecule has 3 aromatic rings. The number of nitro groups is 1. The van der Waals surface area contributed by atoms with Crippen LogP contribution >= 0.6 is 10.8 Å². The van der Waals surface area contributed by atoms with Crippen LogP contribution in [-0.2, 0) is 26.9 Å². The van der Waals surface area contributed by atoms with E-state index < -0.39 is 42.8 Å². The van der Waals surface area contributed by atoms with Crippen LogP contribution in [0.15, 0.2) is 81.6 Å². The van der Waals surface area contributed by atoms with Gasteiger partial charge < -0.3 is 10.4 Å². The number of rotatable bonds is 9. The topological polar surface area (TPSA) is 203 Å². The molecule has 6 N–H and O–H groups in total. The highest BCUT2D eigenvalue weighted by molar-refractivity contribution is 8.23. The quantitative estimate of drug-likeness (QED) is 0.113. The van der Waals surface area contributed by atoms with Gasteiger partial charge in [-0.3, -0.25) is 34.1 Å². The zero-order chi connectivity index (χ0) is 33.7. The van der Waals surface area contributed by atoms with Gasteiger partial charge in [0.15, 0.2) is 11.6 Å². The monoisotopic (exact) mass is 669 g/mol. The normalized spacial score (nSPS) is 19.8. The molecular formula is C31H35N5O8S2. The number of anilines is 2. The molecule has 13 nitrogen and oxygen atoms in total. The molecule has 0 saturated carbocycles. The zero-order valence-corrected chi connectivity index (χ0v) is 27.2. The molecule has 3 aromatic carbocycles. The van der Waals surface area contributed by atoms with Gasteiger partial charge in [0, 0.05) is 24.2 Å². The first-order valence-corrected chi connectivity index (χ1v) is 17.6. The average molecular weight is 670 g/mol. The molecule has 15 heteroatoms. The molecule has 0 saturated heterocycles. The first kappa shape index (κ1) is 33.1. The van der Waals surface area contributed by atoms with Crippen molar-refractivity contribution in [2.45, 2.75) is 50.6 Å². The summed E-state index contributed by atoms with van der Waals surface area (Å²) >= 11 is 0. The van der Waals surface area contributed by atoms with E-state index in [9.17, 15) is 37.5 Å². The first-order valence-electron chi connectivity index (χ1n) is 14.2. The third-order valence-electron chi connectivity index (χ3n) is 7.75. The van der Waals surface area contributed by atoms with Crippen LogP contribution < -0.4 is 15.4 Å². The number of hydrogen-bond donors (Lipinski definition) is 6. The lowest BCUT2D eigenvalue weighted by Gasteiger charge is -2.42. The number of carbonyl (C=O) groups excluding carboxylic acids is 1. The number of fused-ring (bicyclic) bond motifs is 2. The van der Waals surface area contributed by atoms with Crippen molar-refractivity contribution in [3.63, 3.8) is 0 Å². The number of nitro benzene ring substituents is 1. The van der Waals surface area contributed by atoms with Crippen molar-refractivity contribution in [3.8, 4) is 0 Å². The SMILES string of the molecule is CC(C)(C)CCC1(NCc2cccc([N+](=O)[O-])c2)C(=O)C(C2=NS(O)(O)c3cc(NS(C)(=O)=O)ccc3N2)=C(O)c2ccccc21. The molecule has 0 aromatic heterocycles. The van der Waals surface area contributed by atoms with Gasteiger partial charge in [0.1, 0.15) is 21.8 Å². The maximum Gasteiger partial charge on any atom is 0.269 e. The molecule has 0 bridgehead atoms. The van der Waals surface area contributed by atoms with Crippen molar-refractivity contribution in [2.24, 2.45) is 9.81 Å². The highest BCUT2D eigenvalue weighted by Gasteiger charge is 2.50. The van der Waals surface area contributed by atoms with Crippen molar-refractivity contribution in [3.05, 3.63) is 99.1 Å². The summed E-state index contributed by atoms with van der Waals surface area (Å²) in [6, 6.07) is 17.0. The number of benzene rings is 3. The summed E-state index contributed by atoms with van der Waals surface area (Å²) in [5.41, 5.74) is -0.422. The molecular weight excluding hydrogens is 635 g/mol. The van der Waals surface area contributed by atoms with Gasteiger partial charge in [-0.2, -0.15) is 0 Å². The predicted octanol–water partition coefficient (Wildman–Crippen LogP) is 6.18. The molecule has 244 valence electrons. The highest BCUT2D eigenvalue weighted by atomic mass is 32.3. The van der Waals surface area contributed by atoms with Crippen molar-refractivity contribution >= 4 is 55.2 Å². The Kier molecular flexibility index (Phi) is 8.50. The lowest BCUT2D eigenvalue weighted by molar-refractivity contribution is -0.384. The number of ketones is 1. The number of aliphatic hydroxyl groups is 1. The Hall–Kier alpha value is -4.28. The molecule has 2 aliphatic rings. The standard InChI is InChI=1S/C31H35N5O8S2/c1-30(2,3)14-15-31(32-18-19-8-7-9-21(16-19)36(39)40)23-11-6-5-10-22(23)27(37)26(28(31)38)29-33-24-13-12-20(34-45(4,41)42)17-25(24)46(43,44)35-29/h5-13,16-17,32,34,37,43-44H,14-15,18H2,1-4H3,(H,33,35). The van der Waals surface area contributed by atoms with E-state index in [1.807, 2.05) is 20.8 Å². The van der Waals surface area contributed by atoms with E-state index in [-0.39, 0.29) is 51.7 Å². The Balaban J connectivity index is 1.63. The van der Waals surface area contributed by atoms with Crippen LogP contribution in [-0.4, -0.2) is 45.4 Å². The van der Waals surface area contributed by atoms with Crippen LogP contribution in [0.4, 0.5) is 17.1 Å². The van der Waals surface area contributed by atoms with E-state index in [0.29, 0.717) is 23.1 Å². The van der Waals surface area contributed by atoms with Gasteiger partial charge in [-0.25, -0.2) is 8.42 Å². The molecule has 46 heavy (non-hydrogen) atoms. The smallest absolute Gasteiger partial charge is 0.269 e. The third kappa shape index (κ3) is 6.64. The number of amidine groups is 1. The first-order chi connectivity index (χ1) is 21.4. The molecule has 1 aliphatic heterocycles. The van der Waals surface area contributed by atoms with Crippen LogP contribution in [0.1, 0.15) is 50.3 Å². The van der Waals surface area contributed by atoms with Gasteiger partial charge >= 0.3 is 0 Å². The Bertz CT molecular complexity index is 1920. The van der Waals surface area contributed by atoms with E-state index in [0.717, 1.165) is 6.26 Å². The Labute approximate surface area is 268 Å². The van der Waals surface area contributed by atoms with Gasteiger partial charge in [-0.05, 0) is 47.6 Å². The summed E-state index contributed by atoms with van der Waals surface area (Å²) in [5.74, 6) is -1.27. The van der Waals surface area contributed by atoms with Crippen LogP contribution in [0, 0.1) is 15.5 Å². The summed E-state index contributed by atoms with van der Waals surface area (Å²) in [6.45, 7) is 6.15. The lowest BCUT2D eigenvalue weighted by atomic mass is 9.69. The maximum absolute atomic E-state index is 14.8. The molecule has 1 atom stereocenters. The van der Waals surface area contributed by atoms with Gasteiger partial charge in [-0.1, -0.05) is 67.9 Å². The molecule has 1 unspecified atom stereocenters. The molecule has 0 radical (unpaired) electrons. The van der Waals surface area contributed by atoms with E-state index in [4.69, 9.17) is 0 Å². The number of hydrogen-bond acceptors (Lipinski definition) is 11. The molecule has 0 fully saturated rings. The Morgan fingerprint density at radius 1 is 1.07 bits per heavy atom. The summed E-state index contributed by atoms with van der Waals surface area (Å²) in [5, 5.41) is 29.3. The number of aliphatic hydroxyl groups excluding tert-OH is 1. The van der Waals surface area contributed by atoms with Crippen molar-refractivity contribution in [2.75, 3.05) is 16.3 Å². The van der Waals surface area contributed by atoms with Crippen LogP contribution in [0.5, 0.6) is 0 Å². The van der Waals surface area contributed by atoms with Crippen LogP contribution in [0.2, 0.25) is 0 Å². The van der Waals surface area contributed by atoms with Crippen LogP contribution in [0.25, 0.3) is 5.76 Å². The fourth-order valence-electron chi connectivity index (χ4n) is 5.53. The van der Waals surface area contributed by atoms with E-state index >= 15 is 0 Å². The fraction of sp³-hybridized carbons (Fsp3) is 0.290.